The van der Waals surface area contributed by atoms with Crippen LogP contribution in [0.25, 0.3) is 0 Å². The Hall–Kier alpha value is -3.08. The number of aryl methyl sites for hydroxylation is 1. The minimum absolute atomic E-state index is 0.0168. The highest BCUT2D eigenvalue weighted by Gasteiger charge is 2.36. The number of likely N-dealkylation sites (tertiary alicyclic amines) is 1. The standard InChI is InChI=1S/C23H26N2O3/c1-17-8-6-7-11-20(17)23(27)21-12-13-22(26)25(21)15-14-24-18(2)28-16-19-9-4-3-5-10-19/h3-11,21,24H,2,12-16H2,1H3. The molecule has 5 heteroatoms. The fourth-order valence-electron chi connectivity index (χ4n) is 3.43. The van der Waals surface area contributed by atoms with E-state index in [0.717, 1.165) is 11.1 Å². The molecule has 1 heterocycles. The number of carbonyl (C=O) groups is 2. The molecule has 1 unspecified atom stereocenters. The number of Topliss-reactive ketones (excluding diaryl/α,β-unsaturated/α-hetero) is 1. The lowest BCUT2D eigenvalue weighted by Gasteiger charge is -2.25. The van der Waals surface area contributed by atoms with E-state index < -0.39 is 6.04 Å². The van der Waals surface area contributed by atoms with Crippen LogP contribution in [0.5, 0.6) is 0 Å². The van der Waals surface area contributed by atoms with Crippen molar-refractivity contribution in [3.63, 3.8) is 0 Å². The van der Waals surface area contributed by atoms with Gasteiger partial charge in [-0.2, -0.15) is 0 Å². The lowest BCUT2D eigenvalue weighted by molar-refractivity contribution is -0.128. The van der Waals surface area contributed by atoms with E-state index in [1.54, 1.807) is 4.90 Å². The van der Waals surface area contributed by atoms with Crippen LogP contribution in [-0.4, -0.2) is 35.7 Å². The molecule has 1 saturated heterocycles. The molecule has 0 bridgehead atoms. The first-order valence-electron chi connectivity index (χ1n) is 9.55. The van der Waals surface area contributed by atoms with Crippen molar-refractivity contribution in [1.29, 1.82) is 0 Å². The lowest BCUT2D eigenvalue weighted by Crippen LogP contribution is -2.42. The van der Waals surface area contributed by atoms with Gasteiger partial charge in [0.05, 0.1) is 6.04 Å². The van der Waals surface area contributed by atoms with Gasteiger partial charge in [0, 0.05) is 25.1 Å². The minimum atomic E-state index is -0.395. The Morgan fingerprint density at radius 3 is 2.64 bits per heavy atom. The number of amides is 1. The monoisotopic (exact) mass is 378 g/mol. The van der Waals surface area contributed by atoms with Gasteiger partial charge in [0.15, 0.2) is 11.7 Å². The average Bonchev–Trinajstić information content (AvgIpc) is 3.07. The van der Waals surface area contributed by atoms with Gasteiger partial charge in [0.25, 0.3) is 0 Å². The molecule has 0 aromatic heterocycles. The van der Waals surface area contributed by atoms with E-state index in [0.29, 0.717) is 44.0 Å². The first-order valence-corrected chi connectivity index (χ1v) is 9.55. The average molecular weight is 378 g/mol. The van der Waals surface area contributed by atoms with Crippen molar-refractivity contribution in [3.8, 4) is 0 Å². The minimum Gasteiger partial charge on any atom is -0.475 e. The van der Waals surface area contributed by atoms with Gasteiger partial charge in [-0.25, -0.2) is 0 Å². The molecule has 1 N–H and O–H groups in total. The SMILES string of the molecule is C=C(NCCN1C(=O)CCC1C(=O)c1ccccc1C)OCc1ccccc1. The van der Waals surface area contributed by atoms with Crippen LogP contribution in [0.2, 0.25) is 0 Å². The highest BCUT2D eigenvalue weighted by molar-refractivity contribution is 6.04. The van der Waals surface area contributed by atoms with E-state index in [4.69, 9.17) is 4.74 Å². The third-order valence-corrected chi connectivity index (χ3v) is 4.97. The first-order chi connectivity index (χ1) is 13.6. The summed E-state index contributed by atoms with van der Waals surface area (Å²) < 4.78 is 5.60. The van der Waals surface area contributed by atoms with Gasteiger partial charge < -0.3 is 15.0 Å². The molecule has 0 spiro atoms. The molecule has 28 heavy (non-hydrogen) atoms. The van der Waals surface area contributed by atoms with E-state index in [1.165, 1.54) is 0 Å². The highest BCUT2D eigenvalue weighted by atomic mass is 16.5. The predicted octanol–water partition coefficient (Wildman–Crippen LogP) is 3.45. The number of carbonyl (C=O) groups excluding carboxylic acids is 2. The molecule has 0 aliphatic carbocycles. The fourth-order valence-corrected chi connectivity index (χ4v) is 3.43. The molecule has 3 rings (SSSR count). The molecule has 1 aliphatic heterocycles. The maximum Gasteiger partial charge on any atom is 0.223 e. The summed E-state index contributed by atoms with van der Waals surface area (Å²) in [6.07, 6.45) is 0.977. The number of benzene rings is 2. The van der Waals surface area contributed by atoms with Crippen LogP contribution in [0, 0.1) is 6.92 Å². The number of hydrogen-bond acceptors (Lipinski definition) is 4. The van der Waals surface area contributed by atoms with E-state index >= 15 is 0 Å². The molecule has 5 nitrogen and oxygen atoms in total. The number of hydrogen-bond donors (Lipinski definition) is 1. The lowest BCUT2D eigenvalue weighted by atomic mass is 9.98. The van der Waals surface area contributed by atoms with Crippen LogP contribution < -0.4 is 5.32 Å². The Kier molecular flexibility index (Phi) is 6.48. The van der Waals surface area contributed by atoms with Crippen molar-refractivity contribution in [2.24, 2.45) is 0 Å². The second-order valence-electron chi connectivity index (χ2n) is 6.95. The van der Waals surface area contributed by atoms with E-state index in [9.17, 15) is 9.59 Å². The Morgan fingerprint density at radius 1 is 1.18 bits per heavy atom. The summed E-state index contributed by atoms with van der Waals surface area (Å²) in [6, 6.07) is 17.0. The zero-order valence-electron chi connectivity index (χ0n) is 16.2. The van der Waals surface area contributed by atoms with E-state index in [2.05, 4.69) is 11.9 Å². The van der Waals surface area contributed by atoms with Gasteiger partial charge in [-0.3, -0.25) is 9.59 Å². The first kappa shape index (κ1) is 19.7. The van der Waals surface area contributed by atoms with Crippen molar-refractivity contribution in [3.05, 3.63) is 83.7 Å². The predicted molar refractivity (Wildman–Crippen MR) is 109 cm³/mol. The molecular formula is C23H26N2O3. The summed E-state index contributed by atoms with van der Waals surface area (Å²) in [5.74, 6) is 0.491. The zero-order chi connectivity index (χ0) is 19.9. The molecule has 0 saturated carbocycles. The van der Waals surface area contributed by atoms with Crippen molar-refractivity contribution in [1.82, 2.24) is 10.2 Å². The van der Waals surface area contributed by atoms with E-state index in [-0.39, 0.29) is 11.7 Å². The second kappa shape index (κ2) is 9.22. The Morgan fingerprint density at radius 2 is 1.89 bits per heavy atom. The quantitative estimate of drug-likeness (QED) is 0.536. The third kappa shape index (κ3) is 4.80. The maximum absolute atomic E-state index is 12.9. The molecule has 0 radical (unpaired) electrons. The molecule has 1 atom stereocenters. The maximum atomic E-state index is 12.9. The summed E-state index contributed by atoms with van der Waals surface area (Å²) in [5.41, 5.74) is 2.69. The normalized spacial score (nSPS) is 16.1. The zero-order valence-corrected chi connectivity index (χ0v) is 16.2. The number of ketones is 1. The second-order valence-corrected chi connectivity index (χ2v) is 6.95. The fraction of sp³-hybridized carbons (Fsp3) is 0.304. The van der Waals surface area contributed by atoms with Crippen LogP contribution in [0.1, 0.15) is 34.3 Å². The van der Waals surface area contributed by atoms with Crippen LogP contribution in [0.3, 0.4) is 0 Å². The number of nitrogens with zero attached hydrogens (tertiary/aromatic N) is 1. The largest absolute Gasteiger partial charge is 0.475 e. The smallest absolute Gasteiger partial charge is 0.223 e. The van der Waals surface area contributed by atoms with Crippen molar-refractivity contribution >= 4 is 11.7 Å². The van der Waals surface area contributed by atoms with E-state index in [1.807, 2.05) is 61.5 Å². The van der Waals surface area contributed by atoms with Crippen molar-refractivity contribution in [2.45, 2.75) is 32.4 Å². The topological polar surface area (TPSA) is 58.6 Å². The summed E-state index contributed by atoms with van der Waals surface area (Å²) in [6.45, 7) is 7.14. The summed E-state index contributed by atoms with van der Waals surface area (Å²) in [4.78, 5) is 26.9. The van der Waals surface area contributed by atoms with Gasteiger partial charge in [0.2, 0.25) is 5.91 Å². The van der Waals surface area contributed by atoms with Crippen LogP contribution in [0.4, 0.5) is 0 Å². The molecular weight excluding hydrogens is 352 g/mol. The highest BCUT2D eigenvalue weighted by Crippen LogP contribution is 2.23. The molecule has 146 valence electrons. The molecule has 2 aromatic rings. The van der Waals surface area contributed by atoms with Crippen molar-refractivity contribution < 1.29 is 14.3 Å². The Labute approximate surface area is 166 Å². The van der Waals surface area contributed by atoms with Gasteiger partial charge >= 0.3 is 0 Å². The Bertz CT molecular complexity index is 848. The number of rotatable bonds is 9. The molecule has 1 aliphatic rings. The van der Waals surface area contributed by atoms with Gasteiger partial charge in [-0.15, -0.1) is 0 Å². The van der Waals surface area contributed by atoms with Crippen LogP contribution >= 0.6 is 0 Å². The van der Waals surface area contributed by atoms with Crippen LogP contribution in [-0.2, 0) is 16.1 Å². The van der Waals surface area contributed by atoms with Gasteiger partial charge in [-0.1, -0.05) is 54.6 Å². The summed E-state index contributed by atoms with van der Waals surface area (Å²) in [5, 5.41) is 3.09. The number of nitrogens with one attached hydrogen (secondary N) is 1. The summed E-state index contributed by atoms with van der Waals surface area (Å²) >= 11 is 0. The molecule has 2 aromatic carbocycles. The van der Waals surface area contributed by atoms with Gasteiger partial charge in [0.1, 0.15) is 6.61 Å². The molecule has 1 fully saturated rings. The molecule has 1 amide bonds. The Balaban J connectivity index is 1.51. The van der Waals surface area contributed by atoms with Crippen LogP contribution in [0.15, 0.2) is 67.1 Å². The third-order valence-electron chi connectivity index (χ3n) is 4.97. The number of ether oxygens (including phenoxy) is 1. The van der Waals surface area contributed by atoms with Crippen molar-refractivity contribution in [2.75, 3.05) is 13.1 Å². The van der Waals surface area contributed by atoms with Gasteiger partial charge in [-0.05, 0) is 31.1 Å². The summed E-state index contributed by atoms with van der Waals surface area (Å²) in [7, 11) is 0.